The van der Waals surface area contributed by atoms with Crippen molar-refractivity contribution in [3.63, 3.8) is 0 Å². The van der Waals surface area contributed by atoms with Gasteiger partial charge in [0.05, 0.1) is 21.7 Å². The molecule has 0 heterocycles. The zero-order chi connectivity index (χ0) is 20.7. The molecule has 0 aromatic heterocycles. The molecule has 0 aliphatic carbocycles. The zero-order valence-corrected chi connectivity index (χ0v) is 17.5. The van der Waals surface area contributed by atoms with E-state index in [0.29, 0.717) is 18.3 Å². The molecule has 0 radical (unpaired) electrons. The van der Waals surface area contributed by atoms with Gasteiger partial charge in [-0.2, -0.15) is 0 Å². The van der Waals surface area contributed by atoms with Gasteiger partial charge in [0.2, 0.25) is 0 Å². The molecule has 0 spiro atoms. The maximum Gasteiger partial charge on any atom is 0.422 e. The van der Waals surface area contributed by atoms with Gasteiger partial charge in [0.25, 0.3) is 0 Å². The molecule has 0 bridgehead atoms. The van der Waals surface area contributed by atoms with Crippen LogP contribution in [0.2, 0.25) is 15.1 Å². The van der Waals surface area contributed by atoms with Gasteiger partial charge in [-0.25, -0.2) is 14.4 Å². The van der Waals surface area contributed by atoms with Crippen LogP contribution < -0.4 is 4.74 Å². The number of hydrogen-bond donors (Lipinski definition) is 1. The summed E-state index contributed by atoms with van der Waals surface area (Å²) < 4.78 is 9.92. The molecular weight excluding hydrogens is 419 g/mol. The molecule has 0 amide bonds. The minimum absolute atomic E-state index is 0.0602. The summed E-state index contributed by atoms with van der Waals surface area (Å²) in [4.78, 5) is 34.6. The number of aliphatic carboxylic acids is 1. The Bertz CT molecular complexity index is 718. The number of carboxylic acid groups (broad SMARTS) is 1. The first kappa shape index (κ1) is 23.5. The van der Waals surface area contributed by atoms with Crippen LogP contribution >= 0.6 is 34.8 Å². The summed E-state index contributed by atoms with van der Waals surface area (Å²) in [5.41, 5.74) is -0.388. The van der Waals surface area contributed by atoms with E-state index in [1.165, 1.54) is 0 Å². The first-order valence-electron chi connectivity index (χ1n) is 8.38. The third kappa shape index (κ3) is 6.87. The SMILES string of the molecule is CCC(CCOC(=O)c1c(Cl)c(Cl)cc(Cl)c1OC(=O)C(=O)O)CC(C)C. The molecular formula is C18H21Cl3O6. The highest BCUT2D eigenvalue weighted by Crippen LogP contribution is 2.40. The molecule has 1 N–H and O–H groups in total. The van der Waals surface area contributed by atoms with Gasteiger partial charge >= 0.3 is 17.9 Å². The largest absolute Gasteiger partial charge is 0.473 e. The Morgan fingerprint density at radius 3 is 2.30 bits per heavy atom. The molecule has 1 aromatic rings. The maximum absolute atomic E-state index is 12.5. The highest BCUT2D eigenvalue weighted by molar-refractivity contribution is 6.46. The Balaban J connectivity index is 3.00. The Kier molecular flexibility index (Phi) is 9.36. The Labute approximate surface area is 172 Å². The number of carbonyl (C=O) groups is 3. The zero-order valence-electron chi connectivity index (χ0n) is 15.2. The number of halogens is 3. The first-order chi connectivity index (χ1) is 12.6. The van der Waals surface area contributed by atoms with Crippen molar-refractivity contribution in [3.8, 4) is 5.75 Å². The third-order valence-corrected chi connectivity index (χ3v) is 4.91. The lowest BCUT2D eigenvalue weighted by molar-refractivity contribution is -0.158. The minimum Gasteiger partial charge on any atom is -0.473 e. The van der Waals surface area contributed by atoms with Crippen LogP contribution in [-0.2, 0) is 14.3 Å². The normalized spacial score (nSPS) is 12.0. The van der Waals surface area contributed by atoms with Gasteiger partial charge in [-0.15, -0.1) is 0 Å². The van der Waals surface area contributed by atoms with Crippen molar-refractivity contribution in [3.05, 3.63) is 26.7 Å². The van der Waals surface area contributed by atoms with Crippen molar-refractivity contribution in [2.45, 2.75) is 40.0 Å². The van der Waals surface area contributed by atoms with Crippen molar-refractivity contribution < 1.29 is 29.0 Å². The summed E-state index contributed by atoms with van der Waals surface area (Å²) in [7, 11) is 0. The Morgan fingerprint density at radius 2 is 1.78 bits per heavy atom. The van der Waals surface area contributed by atoms with Crippen LogP contribution in [-0.4, -0.2) is 29.6 Å². The van der Waals surface area contributed by atoms with E-state index in [4.69, 9.17) is 44.6 Å². The van der Waals surface area contributed by atoms with Gasteiger partial charge in [-0.1, -0.05) is 62.0 Å². The van der Waals surface area contributed by atoms with Crippen LogP contribution in [0.3, 0.4) is 0 Å². The first-order valence-corrected chi connectivity index (χ1v) is 9.51. The summed E-state index contributed by atoms with van der Waals surface area (Å²) in [6.07, 6.45) is 2.59. The van der Waals surface area contributed by atoms with E-state index >= 15 is 0 Å². The van der Waals surface area contributed by atoms with E-state index in [1.54, 1.807) is 0 Å². The van der Waals surface area contributed by atoms with Crippen LogP contribution in [0.15, 0.2) is 6.07 Å². The maximum atomic E-state index is 12.5. The molecule has 0 saturated heterocycles. The smallest absolute Gasteiger partial charge is 0.422 e. The van der Waals surface area contributed by atoms with Crippen LogP contribution in [0.1, 0.15) is 50.4 Å². The quantitative estimate of drug-likeness (QED) is 0.257. The van der Waals surface area contributed by atoms with Crippen LogP contribution in [0.4, 0.5) is 0 Å². The van der Waals surface area contributed by atoms with Crippen molar-refractivity contribution in [1.29, 1.82) is 0 Å². The second-order valence-corrected chi connectivity index (χ2v) is 7.57. The van der Waals surface area contributed by atoms with Crippen LogP contribution in [0, 0.1) is 11.8 Å². The monoisotopic (exact) mass is 438 g/mol. The molecule has 9 heteroatoms. The molecule has 150 valence electrons. The van der Waals surface area contributed by atoms with E-state index in [2.05, 4.69) is 25.5 Å². The highest BCUT2D eigenvalue weighted by Gasteiger charge is 2.28. The predicted octanol–water partition coefficient (Wildman–Crippen LogP) is 5.26. The van der Waals surface area contributed by atoms with Gasteiger partial charge in [0, 0.05) is 0 Å². The number of carbonyl (C=O) groups excluding carboxylic acids is 2. The van der Waals surface area contributed by atoms with Gasteiger partial charge in [0.15, 0.2) is 5.75 Å². The number of benzene rings is 1. The van der Waals surface area contributed by atoms with E-state index in [-0.39, 0.29) is 27.2 Å². The molecule has 0 aliphatic rings. The molecule has 6 nitrogen and oxygen atoms in total. The fourth-order valence-corrected chi connectivity index (χ4v) is 3.26. The average Bonchev–Trinajstić information content (AvgIpc) is 2.58. The van der Waals surface area contributed by atoms with Gasteiger partial charge in [-0.05, 0) is 30.7 Å². The number of hydrogen-bond acceptors (Lipinski definition) is 5. The van der Waals surface area contributed by atoms with E-state index < -0.39 is 23.7 Å². The average molecular weight is 440 g/mol. The lowest BCUT2D eigenvalue weighted by atomic mass is 9.92. The Hall–Kier alpha value is -1.50. The third-order valence-electron chi connectivity index (χ3n) is 3.84. The summed E-state index contributed by atoms with van der Waals surface area (Å²) in [5, 5.41) is 8.16. The summed E-state index contributed by atoms with van der Waals surface area (Å²) in [5.74, 6) is -3.97. The minimum atomic E-state index is -1.85. The standard InChI is InChI=1S/C18H21Cl3O6/c1-4-10(7-9(2)3)5-6-26-17(24)13-14(21)11(19)8-12(20)15(13)27-18(25)16(22)23/h8-10H,4-7H2,1-3H3,(H,22,23). The lowest BCUT2D eigenvalue weighted by Gasteiger charge is -2.17. The van der Waals surface area contributed by atoms with Gasteiger partial charge < -0.3 is 14.6 Å². The fourth-order valence-electron chi connectivity index (χ4n) is 2.54. The number of carboxylic acids is 1. The second kappa shape index (κ2) is 10.7. The van der Waals surface area contributed by atoms with Crippen molar-refractivity contribution in [2.75, 3.05) is 6.61 Å². The van der Waals surface area contributed by atoms with Gasteiger partial charge in [-0.3, -0.25) is 0 Å². The summed E-state index contributed by atoms with van der Waals surface area (Å²) >= 11 is 17.9. The Morgan fingerprint density at radius 1 is 1.15 bits per heavy atom. The van der Waals surface area contributed by atoms with E-state index in [0.717, 1.165) is 18.9 Å². The predicted molar refractivity (Wildman–Crippen MR) is 103 cm³/mol. The van der Waals surface area contributed by atoms with Crippen molar-refractivity contribution in [2.24, 2.45) is 11.8 Å². The van der Waals surface area contributed by atoms with E-state index in [9.17, 15) is 14.4 Å². The molecule has 1 aromatic carbocycles. The van der Waals surface area contributed by atoms with Crippen molar-refractivity contribution >= 4 is 52.7 Å². The molecule has 1 rings (SSSR count). The molecule has 27 heavy (non-hydrogen) atoms. The number of rotatable bonds is 8. The number of ether oxygens (including phenoxy) is 2. The summed E-state index contributed by atoms with van der Waals surface area (Å²) in [6, 6.07) is 1.14. The highest BCUT2D eigenvalue weighted by atomic mass is 35.5. The van der Waals surface area contributed by atoms with Gasteiger partial charge in [0.1, 0.15) is 5.56 Å². The molecule has 1 unspecified atom stereocenters. The van der Waals surface area contributed by atoms with E-state index in [1.807, 2.05) is 0 Å². The summed E-state index contributed by atoms with van der Waals surface area (Å²) in [6.45, 7) is 6.42. The lowest BCUT2D eigenvalue weighted by Crippen LogP contribution is -2.21. The fraction of sp³-hybridized carbons (Fsp3) is 0.500. The second-order valence-electron chi connectivity index (χ2n) is 6.38. The molecule has 0 aliphatic heterocycles. The molecule has 0 saturated carbocycles. The molecule has 1 atom stereocenters. The number of esters is 2. The van der Waals surface area contributed by atoms with Crippen LogP contribution in [0.25, 0.3) is 0 Å². The topological polar surface area (TPSA) is 89.9 Å². The van der Waals surface area contributed by atoms with Crippen LogP contribution in [0.5, 0.6) is 5.75 Å². The molecule has 0 fully saturated rings. The van der Waals surface area contributed by atoms with Crippen molar-refractivity contribution in [1.82, 2.24) is 0 Å².